The van der Waals surface area contributed by atoms with Gasteiger partial charge in [0.1, 0.15) is 11.6 Å². The first-order valence-electron chi connectivity index (χ1n) is 12.1. The third kappa shape index (κ3) is 6.23. The normalized spacial score (nSPS) is 23.8. The van der Waals surface area contributed by atoms with Crippen molar-refractivity contribution < 1.29 is 18.7 Å². The van der Waals surface area contributed by atoms with Gasteiger partial charge in [0, 0.05) is 46.4 Å². The number of nitrogens with zero attached hydrogens (tertiary/aromatic N) is 3. The van der Waals surface area contributed by atoms with Crippen molar-refractivity contribution in [3.05, 3.63) is 29.6 Å². The summed E-state index contributed by atoms with van der Waals surface area (Å²) in [6, 6.07) is 4.84. The predicted octanol–water partition coefficient (Wildman–Crippen LogP) is 2.84. The molecule has 0 aromatic heterocycles. The molecule has 7 nitrogen and oxygen atoms in total. The van der Waals surface area contributed by atoms with Gasteiger partial charge in [-0.05, 0) is 55.1 Å². The third-order valence-corrected chi connectivity index (χ3v) is 7.52. The summed E-state index contributed by atoms with van der Waals surface area (Å²) in [5.41, 5.74) is 0.411. The van der Waals surface area contributed by atoms with E-state index in [4.69, 9.17) is 14.9 Å². The van der Waals surface area contributed by atoms with Crippen LogP contribution in [0.2, 0.25) is 0 Å². The summed E-state index contributed by atoms with van der Waals surface area (Å²) in [5.74, 6) is 2.42. The Kier molecular flexibility index (Phi) is 7.86. The second-order valence-corrected chi connectivity index (χ2v) is 9.87. The lowest BCUT2D eigenvalue weighted by molar-refractivity contribution is -0.142. The molecule has 2 atom stereocenters. The lowest BCUT2D eigenvalue weighted by atomic mass is 9.90. The van der Waals surface area contributed by atoms with Gasteiger partial charge in [0.15, 0.2) is 0 Å². The maximum absolute atomic E-state index is 14.5. The number of carbonyl (C=O) groups excluding carboxylic acids is 1. The van der Waals surface area contributed by atoms with E-state index in [1.54, 1.807) is 24.1 Å². The molecule has 4 rings (SSSR count). The fourth-order valence-electron chi connectivity index (χ4n) is 5.21. The van der Waals surface area contributed by atoms with E-state index in [1.807, 2.05) is 11.9 Å². The van der Waals surface area contributed by atoms with Crippen LogP contribution in [0.3, 0.4) is 0 Å². The SMILES string of the molecule is COC1CN(C(=O)Cc2ccc(OCCC3C[C@@H]3C3CCN(CN(C)C=N)CC3)cc2F)C1. The number of methoxy groups -OCH3 is 1. The molecule has 3 aliphatic rings. The fourth-order valence-corrected chi connectivity index (χ4v) is 5.21. The fraction of sp³-hybridized carbons (Fsp3) is 0.680. The van der Waals surface area contributed by atoms with E-state index in [9.17, 15) is 9.18 Å². The zero-order chi connectivity index (χ0) is 23.4. The molecule has 1 saturated carbocycles. The molecular formula is C25H37FN4O3. The highest BCUT2D eigenvalue weighted by Gasteiger charge is 2.43. The van der Waals surface area contributed by atoms with Crippen molar-refractivity contribution in [1.82, 2.24) is 14.7 Å². The first-order chi connectivity index (χ1) is 16.0. The number of rotatable bonds is 11. The molecule has 1 aromatic rings. The van der Waals surface area contributed by atoms with Gasteiger partial charge in [0.25, 0.3) is 0 Å². The van der Waals surface area contributed by atoms with E-state index in [1.165, 1.54) is 31.7 Å². The van der Waals surface area contributed by atoms with Crippen molar-refractivity contribution in [2.45, 2.75) is 38.2 Å². The van der Waals surface area contributed by atoms with Gasteiger partial charge in [-0.15, -0.1) is 0 Å². The van der Waals surface area contributed by atoms with Crippen molar-refractivity contribution in [2.75, 3.05) is 53.6 Å². The Balaban J connectivity index is 1.14. The molecule has 182 valence electrons. The van der Waals surface area contributed by atoms with Gasteiger partial charge in [0.2, 0.25) is 5.91 Å². The number of likely N-dealkylation sites (tertiary alicyclic amines) is 2. The summed E-state index contributed by atoms with van der Waals surface area (Å²) >= 11 is 0. The van der Waals surface area contributed by atoms with Crippen LogP contribution in [0.4, 0.5) is 4.39 Å². The van der Waals surface area contributed by atoms with Gasteiger partial charge in [-0.1, -0.05) is 6.07 Å². The Morgan fingerprint density at radius 1 is 1.30 bits per heavy atom. The first-order valence-corrected chi connectivity index (χ1v) is 12.1. The zero-order valence-electron chi connectivity index (χ0n) is 19.8. The highest BCUT2D eigenvalue weighted by atomic mass is 19.1. The van der Waals surface area contributed by atoms with Crippen LogP contribution in [0.25, 0.3) is 0 Å². The van der Waals surface area contributed by atoms with Crippen LogP contribution in [0.1, 0.15) is 31.2 Å². The summed E-state index contributed by atoms with van der Waals surface area (Å²) in [5, 5.41) is 7.31. The van der Waals surface area contributed by atoms with Crippen molar-refractivity contribution in [1.29, 1.82) is 5.41 Å². The number of halogens is 1. The van der Waals surface area contributed by atoms with Gasteiger partial charge < -0.3 is 19.3 Å². The average Bonchev–Trinajstić information content (AvgIpc) is 3.55. The molecule has 2 aliphatic heterocycles. The summed E-state index contributed by atoms with van der Waals surface area (Å²) < 4.78 is 25.5. The summed E-state index contributed by atoms with van der Waals surface area (Å²) in [6.07, 6.45) is 6.33. The number of amides is 1. The maximum Gasteiger partial charge on any atom is 0.227 e. The standard InChI is InChI=1S/C25H37FN4O3/c1-28(16-27)17-29-8-5-18(6-9-29)23-11-19(23)7-10-33-21-4-3-20(24(26)13-21)12-25(31)30-14-22(15-30)32-2/h3-4,13,16,18-19,22-23,27H,5-12,14-15,17H2,1-2H3/t19?,23-/m1/s1. The van der Waals surface area contributed by atoms with Crippen molar-refractivity contribution >= 4 is 12.2 Å². The van der Waals surface area contributed by atoms with E-state index in [0.29, 0.717) is 31.0 Å². The van der Waals surface area contributed by atoms with Crippen molar-refractivity contribution in [2.24, 2.45) is 17.8 Å². The Morgan fingerprint density at radius 3 is 2.73 bits per heavy atom. The smallest absolute Gasteiger partial charge is 0.227 e. The highest BCUT2D eigenvalue weighted by Crippen LogP contribution is 2.49. The van der Waals surface area contributed by atoms with Crippen molar-refractivity contribution in [3.8, 4) is 5.75 Å². The molecule has 1 amide bonds. The number of nitrogens with one attached hydrogen (secondary N) is 1. The van der Waals surface area contributed by atoms with Gasteiger partial charge in [-0.2, -0.15) is 0 Å². The summed E-state index contributed by atoms with van der Waals surface area (Å²) in [6.45, 7) is 4.84. The predicted molar refractivity (Wildman–Crippen MR) is 125 cm³/mol. The molecule has 1 unspecified atom stereocenters. The molecule has 1 aromatic carbocycles. The Hall–Kier alpha value is -2.19. The molecule has 3 fully saturated rings. The van der Waals surface area contributed by atoms with Crippen LogP contribution in [-0.4, -0.2) is 86.7 Å². The van der Waals surface area contributed by atoms with Crippen LogP contribution < -0.4 is 4.74 Å². The van der Waals surface area contributed by atoms with Gasteiger partial charge in [0.05, 0.1) is 32.1 Å². The molecule has 0 radical (unpaired) electrons. The quantitative estimate of drug-likeness (QED) is 0.406. The molecular weight excluding hydrogens is 423 g/mol. The number of carbonyl (C=O) groups is 1. The molecule has 0 bridgehead atoms. The van der Waals surface area contributed by atoms with Crippen molar-refractivity contribution in [3.63, 3.8) is 0 Å². The van der Waals surface area contributed by atoms with E-state index in [-0.39, 0.29) is 24.2 Å². The van der Waals surface area contributed by atoms with Crippen LogP contribution in [0.15, 0.2) is 18.2 Å². The third-order valence-electron chi connectivity index (χ3n) is 7.52. The second-order valence-electron chi connectivity index (χ2n) is 9.87. The van der Waals surface area contributed by atoms with Gasteiger partial charge in [-0.25, -0.2) is 4.39 Å². The molecule has 1 N–H and O–H groups in total. The Bertz CT molecular complexity index is 824. The lowest BCUT2D eigenvalue weighted by Gasteiger charge is -2.38. The molecule has 0 spiro atoms. The van der Waals surface area contributed by atoms with Crippen LogP contribution in [-0.2, 0) is 16.0 Å². The molecule has 33 heavy (non-hydrogen) atoms. The number of benzene rings is 1. The van der Waals surface area contributed by atoms with Crippen LogP contribution in [0, 0.1) is 29.0 Å². The monoisotopic (exact) mass is 460 g/mol. The molecule has 2 saturated heterocycles. The largest absolute Gasteiger partial charge is 0.493 e. The number of hydrogen-bond acceptors (Lipinski definition) is 5. The molecule has 1 aliphatic carbocycles. The van der Waals surface area contributed by atoms with E-state index in [2.05, 4.69) is 4.90 Å². The summed E-state index contributed by atoms with van der Waals surface area (Å²) in [7, 11) is 3.58. The van der Waals surface area contributed by atoms with Gasteiger partial charge in [-0.3, -0.25) is 15.1 Å². The average molecular weight is 461 g/mol. The summed E-state index contributed by atoms with van der Waals surface area (Å²) in [4.78, 5) is 18.3. The molecule has 8 heteroatoms. The van der Waals surface area contributed by atoms with Crippen LogP contribution >= 0.6 is 0 Å². The number of ether oxygens (including phenoxy) is 2. The Labute approximate surface area is 196 Å². The first kappa shape index (κ1) is 24.0. The minimum absolute atomic E-state index is 0.0665. The highest BCUT2D eigenvalue weighted by molar-refractivity contribution is 5.79. The topological polar surface area (TPSA) is 69.1 Å². The van der Waals surface area contributed by atoms with Gasteiger partial charge >= 0.3 is 0 Å². The minimum atomic E-state index is -0.380. The maximum atomic E-state index is 14.5. The second kappa shape index (κ2) is 10.8. The van der Waals surface area contributed by atoms with E-state index >= 15 is 0 Å². The van der Waals surface area contributed by atoms with E-state index < -0.39 is 0 Å². The minimum Gasteiger partial charge on any atom is -0.493 e. The van der Waals surface area contributed by atoms with Crippen LogP contribution in [0.5, 0.6) is 5.75 Å². The Morgan fingerprint density at radius 2 is 2.06 bits per heavy atom. The zero-order valence-corrected chi connectivity index (χ0v) is 19.8. The lowest BCUT2D eigenvalue weighted by Crippen LogP contribution is -2.54. The van der Waals surface area contributed by atoms with E-state index in [0.717, 1.165) is 43.9 Å². The number of hydrogen-bond donors (Lipinski definition) is 1. The number of piperidine rings is 1. The molecule has 2 heterocycles.